The molecule has 1 amide bonds. The first-order valence-corrected chi connectivity index (χ1v) is 13.5. The zero-order valence-electron chi connectivity index (χ0n) is 23.2. The van der Waals surface area contributed by atoms with Crippen LogP contribution in [-0.2, 0) is 0 Å². The number of hydrogen-bond acceptors (Lipinski definition) is 7. The first kappa shape index (κ1) is 27.2. The van der Waals surface area contributed by atoms with Crippen LogP contribution in [-0.4, -0.2) is 57.0 Å². The monoisotopic (exact) mass is 538 g/mol. The van der Waals surface area contributed by atoms with Crippen LogP contribution in [0.3, 0.4) is 0 Å². The fourth-order valence-corrected chi connectivity index (χ4v) is 5.32. The quantitative estimate of drug-likeness (QED) is 0.360. The molecule has 9 nitrogen and oxygen atoms in total. The molecule has 0 bridgehead atoms. The Hall–Kier alpha value is -4.42. The third-order valence-corrected chi connectivity index (χ3v) is 7.26. The molecular formula is C31H34N6O3. The molecule has 5 rings (SSSR count). The Kier molecular flexibility index (Phi) is 7.46. The summed E-state index contributed by atoms with van der Waals surface area (Å²) in [5.74, 6) is 1.80. The van der Waals surface area contributed by atoms with Crippen molar-refractivity contribution in [1.82, 2.24) is 19.9 Å². The Morgan fingerprint density at radius 2 is 1.88 bits per heavy atom. The second-order valence-electron chi connectivity index (χ2n) is 11.3. The largest absolute Gasteiger partial charge is 0.489 e. The first-order chi connectivity index (χ1) is 19.1. The van der Waals surface area contributed by atoms with Crippen molar-refractivity contribution in [2.45, 2.75) is 39.3 Å². The second-order valence-corrected chi connectivity index (χ2v) is 11.3. The number of hydrogen-bond donors (Lipinski definition) is 2. The summed E-state index contributed by atoms with van der Waals surface area (Å²) in [6.07, 6.45) is 5.04. The van der Waals surface area contributed by atoms with Crippen LogP contribution in [0.15, 0.2) is 67.1 Å². The molecule has 1 aliphatic rings. The summed E-state index contributed by atoms with van der Waals surface area (Å²) in [5.41, 5.74) is 2.39. The van der Waals surface area contributed by atoms with Crippen molar-refractivity contribution in [3.05, 3.63) is 78.2 Å². The zero-order chi connectivity index (χ0) is 28.4. The maximum atomic E-state index is 12.8. The van der Waals surface area contributed by atoms with Crippen LogP contribution in [0.1, 0.15) is 43.6 Å². The smallest absolute Gasteiger partial charge is 0.251 e. The number of piperidine rings is 1. The molecule has 0 aliphatic carbocycles. The fraction of sp³-hybridized carbons (Fsp3) is 0.355. The van der Waals surface area contributed by atoms with Gasteiger partial charge in [0.2, 0.25) is 0 Å². The summed E-state index contributed by atoms with van der Waals surface area (Å²) in [6.45, 7) is 9.32. The molecule has 0 saturated carbocycles. The van der Waals surface area contributed by atoms with Gasteiger partial charge in [-0.05, 0) is 56.0 Å². The highest BCUT2D eigenvalue weighted by Gasteiger charge is 2.33. The summed E-state index contributed by atoms with van der Waals surface area (Å²) in [7, 11) is 0. The topological polar surface area (TPSA) is 116 Å². The van der Waals surface area contributed by atoms with Crippen LogP contribution in [0.5, 0.6) is 5.75 Å². The van der Waals surface area contributed by atoms with Crippen molar-refractivity contribution in [3.8, 4) is 22.9 Å². The van der Waals surface area contributed by atoms with Crippen molar-refractivity contribution in [3.63, 3.8) is 0 Å². The number of benzene rings is 1. The predicted molar refractivity (Wildman–Crippen MR) is 153 cm³/mol. The number of pyridine rings is 2. The van der Waals surface area contributed by atoms with Gasteiger partial charge in [-0.3, -0.25) is 4.79 Å². The predicted octanol–water partition coefficient (Wildman–Crippen LogP) is 4.31. The van der Waals surface area contributed by atoms with Gasteiger partial charge in [-0.15, -0.1) is 0 Å². The Balaban J connectivity index is 1.35. The Morgan fingerprint density at radius 1 is 1.15 bits per heavy atom. The Morgan fingerprint density at radius 3 is 2.50 bits per heavy atom. The van der Waals surface area contributed by atoms with Crippen molar-refractivity contribution in [1.29, 1.82) is 5.26 Å². The fourth-order valence-electron chi connectivity index (χ4n) is 5.32. The second kappa shape index (κ2) is 11.0. The highest BCUT2D eigenvalue weighted by Crippen LogP contribution is 2.33. The number of nitrogens with zero attached hydrogens (tertiary/aromatic N) is 5. The van der Waals surface area contributed by atoms with Crippen LogP contribution in [0.25, 0.3) is 16.6 Å². The van der Waals surface area contributed by atoms with Crippen LogP contribution in [0, 0.1) is 23.2 Å². The van der Waals surface area contributed by atoms with Crippen LogP contribution in [0.4, 0.5) is 5.82 Å². The van der Waals surface area contributed by atoms with Gasteiger partial charge < -0.3 is 20.1 Å². The molecule has 206 valence electrons. The summed E-state index contributed by atoms with van der Waals surface area (Å²) < 4.78 is 7.46. The van der Waals surface area contributed by atoms with E-state index in [0.717, 1.165) is 30.0 Å². The molecule has 0 spiro atoms. The number of aromatic nitrogens is 3. The average molecular weight is 539 g/mol. The molecule has 0 radical (unpaired) electrons. The van der Waals surface area contributed by atoms with E-state index in [9.17, 15) is 15.2 Å². The number of ether oxygens (including phenoxy) is 1. The first-order valence-electron chi connectivity index (χ1n) is 13.5. The molecule has 40 heavy (non-hydrogen) atoms. The molecule has 4 aromatic rings. The van der Waals surface area contributed by atoms with Crippen molar-refractivity contribution < 1.29 is 14.6 Å². The number of carbonyl (C=O) groups excluding carboxylic acids is 1. The summed E-state index contributed by atoms with van der Waals surface area (Å²) >= 11 is 0. The lowest BCUT2D eigenvalue weighted by atomic mass is 9.85. The molecule has 2 N–H and O–H groups in total. The van der Waals surface area contributed by atoms with Gasteiger partial charge in [-0.2, -0.15) is 10.4 Å². The molecule has 1 fully saturated rings. The van der Waals surface area contributed by atoms with Gasteiger partial charge in [-0.1, -0.05) is 32.0 Å². The van der Waals surface area contributed by atoms with E-state index in [1.54, 1.807) is 30.8 Å². The molecule has 1 saturated heterocycles. The third kappa shape index (κ3) is 5.77. The van der Waals surface area contributed by atoms with E-state index < -0.39 is 5.60 Å². The van der Waals surface area contributed by atoms with E-state index in [1.165, 1.54) is 6.20 Å². The maximum Gasteiger partial charge on any atom is 0.251 e. The van der Waals surface area contributed by atoms with Crippen molar-refractivity contribution in [2.75, 3.05) is 24.6 Å². The maximum absolute atomic E-state index is 12.8. The van der Waals surface area contributed by atoms with Crippen LogP contribution < -0.4 is 15.0 Å². The minimum Gasteiger partial charge on any atom is -0.489 e. The summed E-state index contributed by atoms with van der Waals surface area (Å²) in [6, 6.07) is 17.4. The molecule has 4 heterocycles. The lowest BCUT2D eigenvalue weighted by Crippen LogP contribution is -2.55. The van der Waals surface area contributed by atoms with Gasteiger partial charge in [0.1, 0.15) is 24.2 Å². The Bertz CT molecular complexity index is 1520. The number of carbonyl (C=O) groups is 1. The average Bonchev–Trinajstić information content (AvgIpc) is 3.36. The summed E-state index contributed by atoms with van der Waals surface area (Å²) in [4.78, 5) is 19.8. The van der Waals surface area contributed by atoms with Gasteiger partial charge in [0.25, 0.3) is 5.91 Å². The van der Waals surface area contributed by atoms with Gasteiger partial charge in [-0.25, -0.2) is 9.50 Å². The minimum absolute atomic E-state index is 0.0445. The molecule has 1 aliphatic heterocycles. The van der Waals surface area contributed by atoms with Crippen LogP contribution in [0.2, 0.25) is 0 Å². The molecule has 1 aromatic carbocycles. The highest BCUT2D eigenvalue weighted by atomic mass is 16.5. The molecule has 0 unspecified atom stereocenters. The van der Waals surface area contributed by atoms with Gasteiger partial charge in [0.15, 0.2) is 0 Å². The van der Waals surface area contributed by atoms with Gasteiger partial charge >= 0.3 is 0 Å². The Labute approximate surface area is 234 Å². The molecule has 3 aromatic heterocycles. The molecule has 9 heteroatoms. The normalized spacial score (nSPS) is 19.3. The number of amides is 1. The van der Waals surface area contributed by atoms with Crippen molar-refractivity contribution >= 4 is 17.2 Å². The summed E-state index contributed by atoms with van der Waals surface area (Å²) in [5, 5.41) is 27.3. The number of rotatable bonds is 7. The van der Waals surface area contributed by atoms with Crippen molar-refractivity contribution in [2.24, 2.45) is 11.8 Å². The SMILES string of the molecule is C[C@@H]1CN(c2ccc(-c3cc(OCC(C)(C)O)cn4ncc(C#N)c34)cn2)C[C@H](C)[C@H]1NC(=O)c1ccccc1. The van der Waals surface area contributed by atoms with E-state index in [1.807, 2.05) is 48.5 Å². The molecular weight excluding hydrogens is 504 g/mol. The molecule has 3 atom stereocenters. The number of fused-ring (bicyclic) bond motifs is 1. The zero-order valence-corrected chi connectivity index (χ0v) is 23.2. The van der Waals surface area contributed by atoms with E-state index in [-0.39, 0.29) is 30.4 Å². The number of nitrogens with one attached hydrogen (secondary N) is 1. The van der Waals surface area contributed by atoms with E-state index >= 15 is 0 Å². The lowest BCUT2D eigenvalue weighted by Gasteiger charge is -2.42. The lowest BCUT2D eigenvalue weighted by molar-refractivity contribution is 0.0283. The van der Waals surface area contributed by atoms with E-state index in [2.05, 4.69) is 35.2 Å². The van der Waals surface area contributed by atoms with Gasteiger partial charge in [0, 0.05) is 42.0 Å². The van der Waals surface area contributed by atoms with Crippen LogP contribution >= 0.6 is 0 Å². The van der Waals surface area contributed by atoms with E-state index in [4.69, 9.17) is 9.72 Å². The number of anilines is 1. The number of aliphatic hydroxyl groups is 1. The highest BCUT2D eigenvalue weighted by molar-refractivity contribution is 5.94. The van der Waals surface area contributed by atoms with E-state index in [0.29, 0.717) is 22.4 Å². The standard InChI is InChI=1S/C31H34N6O3/c1-20-16-36(17-21(2)28(20)35-30(38)22-8-6-5-7-9-22)27-11-10-23(14-33-27)26-12-25(40-19-31(3,4)39)18-37-29(26)24(13-32)15-34-37/h5-12,14-15,18,20-21,28,39H,16-17,19H2,1-4H3,(H,35,38)/t20-,21+,28+. The minimum atomic E-state index is -0.994. The number of nitriles is 1. The third-order valence-electron chi connectivity index (χ3n) is 7.26. The van der Waals surface area contributed by atoms with Gasteiger partial charge in [0.05, 0.1) is 29.1 Å².